The number of aliphatic hydroxyl groups is 1. The molecule has 1 aliphatic rings. The van der Waals surface area contributed by atoms with Crippen LogP contribution in [-0.4, -0.2) is 10.1 Å². The molecule has 0 saturated heterocycles. The molecular weight excluding hydrogens is 190 g/mol. The highest BCUT2D eigenvalue weighted by atomic mass is 16.4. The van der Waals surface area contributed by atoms with Gasteiger partial charge in [0.15, 0.2) is 5.89 Å². The van der Waals surface area contributed by atoms with Gasteiger partial charge in [0, 0.05) is 5.92 Å². The summed E-state index contributed by atoms with van der Waals surface area (Å²) in [6.07, 6.45) is 5.72. The highest BCUT2D eigenvalue weighted by Crippen LogP contribution is 2.33. The van der Waals surface area contributed by atoms with E-state index in [4.69, 9.17) is 4.42 Å². The summed E-state index contributed by atoms with van der Waals surface area (Å²) in [6.45, 7) is 3.61. The maximum Gasteiger partial charge on any atom is 0.197 e. The van der Waals surface area contributed by atoms with Crippen molar-refractivity contribution in [3.05, 3.63) is 17.3 Å². The first-order valence-corrected chi connectivity index (χ1v) is 5.83. The van der Waals surface area contributed by atoms with Crippen molar-refractivity contribution in [1.29, 1.82) is 0 Å². The highest BCUT2D eigenvalue weighted by molar-refractivity contribution is 5.12. The van der Waals surface area contributed by atoms with Gasteiger partial charge in [-0.05, 0) is 26.7 Å². The molecule has 84 valence electrons. The zero-order chi connectivity index (χ0) is 10.8. The van der Waals surface area contributed by atoms with E-state index in [2.05, 4.69) is 4.98 Å². The average Bonchev–Trinajstić information content (AvgIpc) is 2.62. The number of rotatable bonds is 2. The second kappa shape index (κ2) is 4.35. The quantitative estimate of drug-likeness (QED) is 0.814. The minimum Gasteiger partial charge on any atom is -0.445 e. The monoisotopic (exact) mass is 209 g/mol. The molecule has 1 heterocycles. The maximum atomic E-state index is 9.49. The Morgan fingerprint density at radius 2 is 2.00 bits per heavy atom. The van der Waals surface area contributed by atoms with Gasteiger partial charge in [-0.1, -0.05) is 19.3 Å². The first kappa shape index (κ1) is 10.7. The Labute approximate surface area is 90.5 Å². The molecule has 0 amide bonds. The van der Waals surface area contributed by atoms with Gasteiger partial charge in [-0.15, -0.1) is 0 Å². The molecule has 15 heavy (non-hydrogen) atoms. The maximum absolute atomic E-state index is 9.49. The number of aliphatic hydroxyl groups excluding tert-OH is 1. The molecule has 0 bridgehead atoms. The lowest BCUT2D eigenvalue weighted by atomic mass is 9.89. The molecule has 1 unspecified atom stereocenters. The van der Waals surface area contributed by atoms with Crippen molar-refractivity contribution in [3.8, 4) is 0 Å². The SMILES string of the molecule is Cc1oc(C2CCCCC2)nc1C(C)O. The molecule has 0 aliphatic heterocycles. The van der Waals surface area contributed by atoms with E-state index in [1.807, 2.05) is 6.92 Å². The third-order valence-corrected chi connectivity index (χ3v) is 3.20. The third-order valence-electron chi connectivity index (χ3n) is 3.20. The Bertz CT molecular complexity index is 324. The van der Waals surface area contributed by atoms with Crippen LogP contribution >= 0.6 is 0 Å². The number of hydrogen-bond acceptors (Lipinski definition) is 3. The van der Waals surface area contributed by atoms with Crippen molar-refractivity contribution in [2.45, 2.75) is 58.0 Å². The van der Waals surface area contributed by atoms with E-state index in [0.717, 1.165) is 11.7 Å². The summed E-state index contributed by atoms with van der Waals surface area (Å²) in [5.41, 5.74) is 0.704. The summed E-state index contributed by atoms with van der Waals surface area (Å²) in [5.74, 6) is 2.08. The number of hydrogen-bond donors (Lipinski definition) is 1. The van der Waals surface area contributed by atoms with Crippen LogP contribution in [0, 0.1) is 6.92 Å². The zero-order valence-electron chi connectivity index (χ0n) is 9.49. The smallest absolute Gasteiger partial charge is 0.197 e. The average molecular weight is 209 g/mol. The van der Waals surface area contributed by atoms with Gasteiger partial charge in [0.25, 0.3) is 0 Å². The molecule has 3 heteroatoms. The van der Waals surface area contributed by atoms with Crippen LogP contribution in [-0.2, 0) is 0 Å². The molecule has 2 rings (SSSR count). The predicted octanol–water partition coefficient (Wildman–Crippen LogP) is 3.08. The van der Waals surface area contributed by atoms with Gasteiger partial charge in [-0.3, -0.25) is 0 Å². The number of oxazole rings is 1. The van der Waals surface area contributed by atoms with Crippen molar-refractivity contribution < 1.29 is 9.52 Å². The second-order valence-corrected chi connectivity index (χ2v) is 4.50. The van der Waals surface area contributed by atoms with Gasteiger partial charge in [0.2, 0.25) is 0 Å². The standard InChI is InChI=1S/C12H19NO2/c1-8(14)11-9(2)15-12(13-11)10-6-4-3-5-7-10/h8,10,14H,3-7H2,1-2H3. The lowest BCUT2D eigenvalue weighted by molar-refractivity contribution is 0.193. The predicted molar refractivity (Wildman–Crippen MR) is 57.7 cm³/mol. The van der Waals surface area contributed by atoms with Gasteiger partial charge in [0.05, 0.1) is 6.10 Å². The third kappa shape index (κ3) is 2.23. The van der Waals surface area contributed by atoms with Gasteiger partial charge >= 0.3 is 0 Å². The fourth-order valence-electron chi connectivity index (χ4n) is 2.34. The van der Waals surface area contributed by atoms with Crippen molar-refractivity contribution in [3.63, 3.8) is 0 Å². The first-order valence-electron chi connectivity index (χ1n) is 5.83. The van der Waals surface area contributed by atoms with Crippen LogP contribution in [0.4, 0.5) is 0 Å². The van der Waals surface area contributed by atoms with E-state index in [9.17, 15) is 5.11 Å². The van der Waals surface area contributed by atoms with Crippen LogP contribution in [0.25, 0.3) is 0 Å². The van der Waals surface area contributed by atoms with Crippen LogP contribution in [0.3, 0.4) is 0 Å². The van der Waals surface area contributed by atoms with E-state index in [0.29, 0.717) is 11.6 Å². The molecule has 1 aromatic heterocycles. The molecule has 0 spiro atoms. The molecule has 1 fully saturated rings. The Hall–Kier alpha value is -0.830. The molecule has 1 atom stereocenters. The van der Waals surface area contributed by atoms with Crippen LogP contribution in [0.15, 0.2) is 4.42 Å². The number of nitrogens with zero attached hydrogens (tertiary/aromatic N) is 1. The van der Waals surface area contributed by atoms with Gasteiger partial charge < -0.3 is 9.52 Å². The lowest BCUT2D eigenvalue weighted by Crippen LogP contribution is -2.05. The summed E-state index contributed by atoms with van der Waals surface area (Å²) < 4.78 is 5.64. The molecule has 0 radical (unpaired) electrons. The Balaban J connectivity index is 2.17. The molecule has 3 nitrogen and oxygen atoms in total. The zero-order valence-corrected chi connectivity index (χ0v) is 9.49. The number of aromatic nitrogens is 1. The molecule has 1 N–H and O–H groups in total. The van der Waals surface area contributed by atoms with Crippen molar-refractivity contribution in [2.75, 3.05) is 0 Å². The van der Waals surface area contributed by atoms with Crippen molar-refractivity contribution >= 4 is 0 Å². The van der Waals surface area contributed by atoms with Gasteiger partial charge in [-0.2, -0.15) is 0 Å². The fraction of sp³-hybridized carbons (Fsp3) is 0.750. The fourth-order valence-corrected chi connectivity index (χ4v) is 2.34. The highest BCUT2D eigenvalue weighted by Gasteiger charge is 2.23. The van der Waals surface area contributed by atoms with Crippen molar-refractivity contribution in [1.82, 2.24) is 4.98 Å². The minimum absolute atomic E-state index is 0.477. The second-order valence-electron chi connectivity index (χ2n) is 4.50. The van der Waals surface area contributed by atoms with Gasteiger partial charge in [-0.25, -0.2) is 4.98 Å². The summed E-state index contributed by atoms with van der Waals surface area (Å²) in [6, 6.07) is 0. The molecular formula is C12H19NO2. The lowest BCUT2D eigenvalue weighted by Gasteiger charge is -2.17. The molecule has 1 aliphatic carbocycles. The molecule has 1 saturated carbocycles. The Morgan fingerprint density at radius 1 is 1.33 bits per heavy atom. The van der Waals surface area contributed by atoms with Gasteiger partial charge in [0.1, 0.15) is 11.5 Å². The summed E-state index contributed by atoms with van der Waals surface area (Å²) in [5, 5.41) is 9.49. The largest absolute Gasteiger partial charge is 0.445 e. The van der Waals surface area contributed by atoms with E-state index in [1.54, 1.807) is 6.92 Å². The summed E-state index contributed by atoms with van der Waals surface area (Å²) >= 11 is 0. The summed E-state index contributed by atoms with van der Waals surface area (Å²) in [4.78, 5) is 4.42. The van der Waals surface area contributed by atoms with Crippen LogP contribution in [0.5, 0.6) is 0 Å². The summed E-state index contributed by atoms with van der Waals surface area (Å²) in [7, 11) is 0. The van der Waals surface area contributed by atoms with Crippen LogP contribution < -0.4 is 0 Å². The van der Waals surface area contributed by atoms with E-state index in [1.165, 1.54) is 32.1 Å². The normalized spacial score (nSPS) is 20.5. The number of aryl methyl sites for hydroxylation is 1. The van der Waals surface area contributed by atoms with E-state index < -0.39 is 6.10 Å². The first-order chi connectivity index (χ1) is 7.18. The molecule has 1 aromatic rings. The van der Waals surface area contributed by atoms with E-state index >= 15 is 0 Å². The van der Waals surface area contributed by atoms with Crippen LogP contribution in [0.2, 0.25) is 0 Å². The Morgan fingerprint density at radius 3 is 2.53 bits per heavy atom. The Kier molecular flexibility index (Phi) is 3.10. The van der Waals surface area contributed by atoms with E-state index in [-0.39, 0.29) is 0 Å². The minimum atomic E-state index is -0.522. The van der Waals surface area contributed by atoms with Crippen LogP contribution in [0.1, 0.15) is 68.4 Å². The molecule has 0 aromatic carbocycles. The topological polar surface area (TPSA) is 46.3 Å². The van der Waals surface area contributed by atoms with Crippen molar-refractivity contribution in [2.24, 2.45) is 0 Å².